The van der Waals surface area contributed by atoms with Gasteiger partial charge in [0.1, 0.15) is 23.1 Å². The lowest BCUT2D eigenvalue weighted by Gasteiger charge is -2.13. The Morgan fingerprint density at radius 3 is 2.52 bits per heavy atom. The monoisotopic (exact) mass is 345 g/mol. The zero-order valence-corrected chi connectivity index (χ0v) is 14.1. The smallest absolute Gasteiger partial charge is 0.310 e. The fourth-order valence-corrected chi connectivity index (χ4v) is 2.63. The van der Waals surface area contributed by atoms with Crippen LogP contribution in [0.1, 0.15) is 22.6 Å². The molecule has 0 N–H and O–H groups in total. The maximum Gasteiger partial charge on any atom is 0.310 e. The van der Waals surface area contributed by atoms with E-state index in [0.717, 1.165) is 0 Å². The summed E-state index contributed by atoms with van der Waals surface area (Å²) in [7, 11) is 2.54. The Labute approximate surface area is 142 Å². The highest BCUT2D eigenvalue weighted by Gasteiger charge is 2.31. The van der Waals surface area contributed by atoms with Crippen LogP contribution in [0, 0.1) is 35.3 Å². The number of nitro benzene ring substituents is 1. The van der Waals surface area contributed by atoms with Gasteiger partial charge in [0.05, 0.1) is 42.4 Å². The number of hydrogen-bond acceptors (Lipinski definition) is 8. The molecule has 1 heterocycles. The van der Waals surface area contributed by atoms with Gasteiger partial charge in [-0.25, -0.2) is 0 Å². The van der Waals surface area contributed by atoms with Gasteiger partial charge in [-0.05, 0) is 19.9 Å². The number of benzene rings is 1. The van der Waals surface area contributed by atoms with Crippen molar-refractivity contribution in [1.82, 2.24) is 5.16 Å². The zero-order valence-electron chi connectivity index (χ0n) is 14.1. The third-order valence-corrected chi connectivity index (χ3v) is 3.70. The lowest BCUT2D eigenvalue weighted by Crippen LogP contribution is -2.09. The molecule has 1 aromatic heterocycles. The molecule has 0 aliphatic heterocycles. The van der Waals surface area contributed by atoms with Gasteiger partial charge in [-0.3, -0.25) is 14.9 Å². The summed E-state index contributed by atoms with van der Waals surface area (Å²) >= 11 is 0. The van der Waals surface area contributed by atoms with Crippen molar-refractivity contribution < 1.29 is 23.7 Å². The summed E-state index contributed by atoms with van der Waals surface area (Å²) in [5.74, 6) is -0.0723. The van der Waals surface area contributed by atoms with Crippen molar-refractivity contribution in [1.29, 1.82) is 5.26 Å². The highest BCUT2D eigenvalue weighted by atomic mass is 16.6. The number of nitro groups is 1. The molecular weight excluding hydrogens is 330 g/mol. The first-order valence-electron chi connectivity index (χ1n) is 7.14. The van der Waals surface area contributed by atoms with Crippen molar-refractivity contribution in [2.75, 3.05) is 14.2 Å². The Bertz CT molecular complexity index is 875. The third-order valence-electron chi connectivity index (χ3n) is 3.70. The van der Waals surface area contributed by atoms with E-state index in [1.54, 1.807) is 13.8 Å². The Morgan fingerprint density at radius 2 is 2.08 bits per heavy atom. The van der Waals surface area contributed by atoms with E-state index < -0.39 is 16.6 Å². The molecule has 0 spiro atoms. The van der Waals surface area contributed by atoms with Gasteiger partial charge in [-0.2, -0.15) is 5.26 Å². The number of aryl methyl sites for hydroxylation is 2. The molecule has 0 aliphatic carbocycles. The molecule has 0 aliphatic rings. The van der Waals surface area contributed by atoms with Gasteiger partial charge in [0.25, 0.3) is 5.69 Å². The summed E-state index contributed by atoms with van der Waals surface area (Å²) in [4.78, 5) is 22.5. The quantitative estimate of drug-likeness (QED) is 0.459. The minimum atomic E-state index is -0.696. The Balaban J connectivity index is 2.90. The van der Waals surface area contributed by atoms with E-state index in [9.17, 15) is 20.2 Å². The van der Waals surface area contributed by atoms with Crippen LogP contribution in [0.4, 0.5) is 5.69 Å². The third kappa shape index (κ3) is 3.14. The van der Waals surface area contributed by atoms with Gasteiger partial charge in [0, 0.05) is 5.56 Å². The number of carbonyl (C=O) groups excluding carboxylic acids is 1. The van der Waals surface area contributed by atoms with Crippen LogP contribution < -0.4 is 4.74 Å². The number of methoxy groups -OCH3 is 2. The summed E-state index contributed by atoms with van der Waals surface area (Å²) < 4.78 is 15.0. The van der Waals surface area contributed by atoms with Crippen molar-refractivity contribution in [2.24, 2.45) is 0 Å². The molecule has 0 bridgehead atoms. The van der Waals surface area contributed by atoms with E-state index in [2.05, 4.69) is 9.89 Å². The number of rotatable bonds is 5. The summed E-state index contributed by atoms with van der Waals surface area (Å²) in [6, 6.07) is 3.21. The molecule has 0 radical (unpaired) electrons. The highest BCUT2D eigenvalue weighted by Crippen LogP contribution is 2.43. The van der Waals surface area contributed by atoms with Gasteiger partial charge in [0.15, 0.2) is 0 Å². The predicted octanol–water partition coefficient (Wildman–Crippen LogP) is 2.46. The van der Waals surface area contributed by atoms with Gasteiger partial charge >= 0.3 is 5.97 Å². The fourth-order valence-electron chi connectivity index (χ4n) is 2.63. The SMILES string of the molecule is COC(=O)Cc1cc(OC)c(-c2c(C)noc2C)c(C#N)c1[N+](=O)[O-]. The molecule has 2 rings (SSSR count). The molecular formula is C16H15N3O6. The van der Waals surface area contributed by atoms with Crippen molar-refractivity contribution >= 4 is 11.7 Å². The number of esters is 1. The second-order valence-electron chi connectivity index (χ2n) is 5.16. The van der Waals surface area contributed by atoms with Crippen LogP contribution in [-0.4, -0.2) is 30.3 Å². The van der Waals surface area contributed by atoms with Crippen LogP contribution in [0.3, 0.4) is 0 Å². The molecule has 0 atom stereocenters. The Hall–Kier alpha value is -3.41. The van der Waals surface area contributed by atoms with Crippen molar-refractivity contribution in [3.05, 3.63) is 38.8 Å². The number of ether oxygens (including phenoxy) is 2. The summed E-state index contributed by atoms with van der Waals surface area (Å²) in [5.41, 5.74) is 0.451. The van der Waals surface area contributed by atoms with Crippen molar-refractivity contribution in [3.63, 3.8) is 0 Å². The van der Waals surface area contributed by atoms with Gasteiger partial charge < -0.3 is 14.0 Å². The van der Waals surface area contributed by atoms with Crippen LogP contribution in [0.15, 0.2) is 10.6 Å². The largest absolute Gasteiger partial charge is 0.496 e. The zero-order chi connectivity index (χ0) is 18.7. The number of nitriles is 1. The molecule has 0 unspecified atom stereocenters. The molecule has 2 aromatic rings. The standard InChI is InChI=1S/C16H15N3O6/c1-8-14(9(2)25-18-8)15-11(7-17)16(19(21)22)10(5-12(15)23-3)6-13(20)24-4/h5H,6H2,1-4H3. The van der Waals surface area contributed by atoms with Crippen LogP contribution in [-0.2, 0) is 16.0 Å². The Morgan fingerprint density at radius 1 is 1.40 bits per heavy atom. The van der Waals surface area contributed by atoms with E-state index in [1.807, 2.05) is 6.07 Å². The molecule has 130 valence electrons. The second kappa shape index (κ2) is 7.00. The van der Waals surface area contributed by atoms with E-state index >= 15 is 0 Å². The number of nitrogens with zero attached hydrogens (tertiary/aromatic N) is 3. The van der Waals surface area contributed by atoms with E-state index in [0.29, 0.717) is 17.0 Å². The lowest BCUT2D eigenvalue weighted by atomic mass is 9.92. The molecule has 0 saturated carbocycles. The highest BCUT2D eigenvalue weighted by molar-refractivity contribution is 5.86. The minimum absolute atomic E-state index is 0.0285. The molecule has 9 nitrogen and oxygen atoms in total. The first-order valence-corrected chi connectivity index (χ1v) is 7.14. The maximum atomic E-state index is 11.6. The van der Waals surface area contributed by atoms with Crippen LogP contribution in [0.2, 0.25) is 0 Å². The molecule has 1 aromatic carbocycles. The van der Waals surface area contributed by atoms with Gasteiger partial charge in [0.2, 0.25) is 0 Å². The van der Waals surface area contributed by atoms with Crippen LogP contribution in [0.5, 0.6) is 5.75 Å². The molecule has 0 fully saturated rings. The fraction of sp³-hybridized carbons (Fsp3) is 0.312. The van der Waals surface area contributed by atoms with E-state index in [-0.39, 0.29) is 28.9 Å². The lowest BCUT2D eigenvalue weighted by molar-refractivity contribution is -0.385. The summed E-state index contributed by atoms with van der Waals surface area (Å²) in [5, 5.41) is 25.0. The second-order valence-corrected chi connectivity index (χ2v) is 5.16. The number of hydrogen-bond donors (Lipinski definition) is 0. The average Bonchev–Trinajstić information content (AvgIpc) is 2.91. The summed E-state index contributed by atoms with van der Waals surface area (Å²) in [6.07, 6.45) is -0.361. The first kappa shape index (κ1) is 17.9. The van der Waals surface area contributed by atoms with Crippen molar-refractivity contribution in [2.45, 2.75) is 20.3 Å². The molecule has 9 heteroatoms. The number of aromatic nitrogens is 1. The van der Waals surface area contributed by atoms with E-state index in [1.165, 1.54) is 20.3 Å². The van der Waals surface area contributed by atoms with Gasteiger partial charge in [-0.15, -0.1) is 0 Å². The Kier molecular flexibility index (Phi) is 5.02. The molecule has 0 saturated heterocycles. The minimum Gasteiger partial charge on any atom is -0.496 e. The topological polar surface area (TPSA) is 128 Å². The molecule has 0 amide bonds. The average molecular weight is 345 g/mol. The normalized spacial score (nSPS) is 10.2. The van der Waals surface area contributed by atoms with Gasteiger partial charge in [-0.1, -0.05) is 5.16 Å². The van der Waals surface area contributed by atoms with Crippen molar-refractivity contribution in [3.8, 4) is 22.9 Å². The van der Waals surface area contributed by atoms with Crippen LogP contribution >= 0.6 is 0 Å². The molecule has 25 heavy (non-hydrogen) atoms. The summed E-state index contributed by atoms with van der Waals surface area (Å²) in [6.45, 7) is 3.28. The number of carbonyl (C=O) groups is 1. The maximum absolute atomic E-state index is 11.6. The van der Waals surface area contributed by atoms with E-state index in [4.69, 9.17) is 9.26 Å². The predicted molar refractivity (Wildman–Crippen MR) is 85.1 cm³/mol. The van der Waals surface area contributed by atoms with Crippen LogP contribution in [0.25, 0.3) is 11.1 Å². The first-order chi connectivity index (χ1) is 11.8.